The van der Waals surface area contributed by atoms with Gasteiger partial charge in [0.25, 0.3) is 5.91 Å². The molecule has 6 nitrogen and oxygen atoms in total. The van der Waals surface area contributed by atoms with Crippen molar-refractivity contribution >= 4 is 5.91 Å². The van der Waals surface area contributed by atoms with Gasteiger partial charge in [0.15, 0.2) is 5.69 Å². The Morgan fingerprint density at radius 1 is 1.10 bits per heavy atom. The molecule has 1 aromatic heterocycles. The molecule has 5 rings (SSSR count). The number of alkyl halides is 4. The van der Waals surface area contributed by atoms with Gasteiger partial charge >= 0.3 is 6.18 Å². The van der Waals surface area contributed by atoms with E-state index >= 15 is 4.39 Å². The lowest BCUT2D eigenvalue weighted by Gasteiger charge is -2.29. The summed E-state index contributed by atoms with van der Waals surface area (Å²) >= 11 is 0. The maximum atomic E-state index is 15.5. The van der Waals surface area contributed by atoms with E-state index in [1.54, 1.807) is 31.2 Å². The number of amides is 1. The molecule has 2 aromatic carbocycles. The van der Waals surface area contributed by atoms with Gasteiger partial charge in [-0.2, -0.15) is 18.3 Å². The van der Waals surface area contributed by atoms with Crippen molar-refractivity contribution in [1.82, 2.24) is 25.7 Å². The molecule has 1 amide bonds. The van der Waals surface area contributed by atoms with Gasteiger partial charge in [-0.05, 0) is 66.8 Å². The number of allylic oxidation sites excluding steroid dienone is 2. The lowest BCUT2D eigenvalue weighted by Crippen LogP contribution is -2.35. The van der Waals surface area contributed by atoms with Gasteiger partial charge < -0.3 is 16.0 Å². The summed E-state index contributed by atoms with van der Waals surface area (Å²) in [7, 11) is 0. The van der Waals surface area contributed by atoms with E-state index in [1.165, 1.54) is 12.8 Å². The minimum atomic E-state index is -4.77. The Kier molecular flexibility index (Phi) is 8.93. The fraction of sp³-hybridized carbons (Fsp3) is 0.375. The number of aromatic nitrogens is 2. The molecule has 0 saturated heterocycles. The molecule has 0 aliphatic heterocycles. The summed E-state index contributed by atoms with van der Waals surface area (Å²) in [5.74, 6) is -0.832. The number of hydrogen-bond donors (Lipinski definition) is 3. The number of benzene rings is 2. The van der Waals surface area contributed by atoms with Gasteiger partial charge in [0.05, 0.1) is 17.4 Å². The molecule has 0 spiro atoms. The molecule has 3 unspecified atom stereocenters. The molecule has 10 heteroatoms. The number of hydrogen-bond acceptors (Lipinski definition) is 4. The van der Waals surface area contributed by atoms with Crippen LogP contribution >= 0.6 is 0 Å². The molecule has 42 heavy (non-hydrogen) atoms. The molecule has 2 aliphatic rings. The molecule has 0 bridgehead atoms. The predicted molar refractivity (Wildman–Crippen MR) is 154 cm³/mol. The highest BCUT2D eigenvalue weighted by Crippen LogP contribution is 2.35. The maximum Gasteiger partial charge on any atom is 0.435 e. The molecule has 3 N–H and O–H groups in total. The first kappa shape index (κ1) is 29.7. The smallest absolute Gasteiger partial charge is 0.321 e. The molecule has 1 heterocycles. The van der Waals surface area contributed by atoms with E-state index in [9.17, 15) is 18.0 Å². The van der Waals surface area contributed by atoms with E-state index in [1.807, 2.05) is 49.4 Å². The summed E-state index contributed by atoms with van der Waals surface area (Å²) in [6.07, 6.45) is -0.532. The van der Waals surface area contributed by atoms with E-state index in [-0.39, 0.29) is 17.4 Å². The van der Waals surface area contributed by atoms with Crippen LogP contribution in [0.4, 0.5) is 17.6 Å². The van der Waals surface area contributed by atoms with Gasteiger partial charge in [-0.15, -0.1) is 0 Å². The molecular formula is C32H35F4N5O. The van der Waals surface area contributed by atoms with Gasteiger partial charge in [-0.1, -0.05) is 62.4 Å². The van der Waals surface area contributed by atoms with Crippen LogP contribution in [0.2, 0.25) is 0 Å². The van der Waals surface area contributed by atoms with Gasteiger partial charge in [0, 0.05) is 18.5 Å². The van der Waals surface area contributed by atoms with Gasteiger partial charge in [-0.3, -0.25) is 4.79 Å². The highest BCUT2D eigenvalue weighted by atomic mass is 19.4. The zero-order valence-electron chi connectivity index (χ0n) is 23.6. The fourth-order valence-corrected chi connectivity index (χ4v) is 5.08. The van der Waals surface area contributed by atoms with Crippen molar-refractivity contribution in [3.05, 3.63) is 107 Å². The molecule has 1 saturated carbocycles. The first-order valence-electron chi connectivity index (χ1n) is 14.3. The maximum absolute atomic E-state index is 15.5. The number of nitrogens with zero attached hydrogens (tertiary/aromatic N) is 2. The van der Waals surface area contributed by atoms with E-state index in [4.69, 9.17) is 0 Å². The molecule has 222 valence electrons. The molecule has 2 aliphatic carbocycles. The minimum absolute atomic E-state index is 0.00126. The van der Waals surface area contributed by atoms with E-state index in [0.717, 1.165) is 27.9 Å². The zero-order chi connectivity index (χ0) is 29.9. The summed E-state index contributed by atoms with van der Waals surface area (Å²) < 4.78 is 57.6. The lowest BCUT2D eigenvalue weighted by atomic mass is 9.87. The molecule has 1 fully saturated rings. The van der Waals surface area contributed by atoms with Crippen molar-refractivity contribution in [3.63, 3.8) is 0 Å². The SMILES string of the molecule is CCNCc1cccc(-n2nc(C(F)(F)F)cc2C(=O)NC2=CC(C(NCC3CC3)c3ccccc3)=CC(C)C2F)c1. The van der Waals surface area contributed by atoms with Crippen molar-refractivity contribution < 1.29 is 22.4 Å². The Morgan fingerprint density at radius 3 is 2.55 bits per heavy atom. The van der Waals surface area contributed by atoms with E-state index < -0.39 is 29.9 Å². The normalized spacial score (nSPS) is 19.7. The van der Waals surface area contributed by atoms with Crippen LogP contribution in [-0.4, -0.2) is 34.9 Å². The second-order valence-electron chi connectivity index (χ2n) is 11.0. The van der Waals surface area contributed by atoms with E-state index in [0.29, 0.717) is 30.8 Å². The Morgan fingerprint density at radius 2 is 1.86 bits per heavy atom. The standard InChI is InChI=1S/C32H35F4N5O/c1-3-37-18-22-8-7-11-25(15-22)41-27(17-28(40-41)32(34,35)36)31(42)39-26-16-24(14-20(2)29(26)33)30(38-19-21-12-13-21)23-9-5-4-6-10-23/h4-11,14-17,20-21,29-30,37-38H,3,12-13,18-19H2,1-2H3,(H,39,42). The van der Waals surface area contributed by atoms with Crippen molar-refractivity contribution in [2.75, 3.05) is 13.1 Å². The summed E-state index contributed by atoms with van der Waals surface area (Å²) in [5.41, 5.74) is 1.36. The number of carbonyl (C=O) groups excluding carboxylic acids is 1. The van der Waals surface area contributed by atoms with Gasteiger partial charge in [0.2, 0.25) is 0 Å². The average Bonchev–Trinajstić information content (AvgIpc) is 3.68. The topological polar surface area (TPSA) is 71.0 Å². The monoisotopic (exact) mass is 581 g/mol. The summed E-state index contributed by atoms with van der Waals surface area (Å²) in [6, 6.07) is 17.0. The largest absolute Gasteiger partial charge is 0.435 e. The Labute approximate surface area is 242 Å². The summed E-state index contributed by atoms with van der Waals surface area (Å²) in [4.78, 5) is 13.5. The van der Waals surface area contributed by atoms with Crippen molar-refractivity contribution in [2.24, 2.45) is 11.8 Å². The summed E-state index contributed by atoms with van der Waals surface area (Å²) in [5, 5.41) is 13.1. The second kappa shape index (κ2) is 12.6. The zero-order valence-corrected chi connectivity index (χ0v) is 23.6. The van der Waals surface area contributed by atoms with Crippen LogP contribution in [0.25, 0.3) is 5.69 Å². The molecule has 3 atom stereocenters. The van der Waals surface area contributed by atoms with Crippen LogP contribution in [0.15, 0.2) is 84.1 Å². The second-order valence-corrected chi connectivity index (χ2v) is 11.0. The van der Waals surface area contributed by atoms with Crippen LogP contribution in [0.5, 0.6) is 0 Å². The van der Waals surface area contributed by atoms with Crippen LogP contribution in [0.3, 0.4) is 0 Å². The Balaban J connectivity index is 1.46. The third kappa shape index (κ3) is 6.99. The molecular weight excluding hydrogens is 546 g/mol. The highest BCUT2D eigenvalue weighted by Gasteiger charge is 2.37. The first-order chi connectivity index (χ1) is 20.1. The fourth-order valence-electron chi connectivity index (χ4n) is 5.08. The van der Waals surface area contributed by atoms with Crippen molar-refractivity contribution in [1.29, 1.82) is 0 Å². The Hall–Kier alpha value is -3.76. The van der Waals surface area contributed by atoms with Crippen LogP contribution < -0.4 is 16.0 Å². The quantitative estimate of drug-likeness (QED) is 0.234. The Bertz CT molecular complexity index is 1460. The number of carbonyl (C=O) groups is 1. The van der Waals surface area contributed by atoms with Crippen LogP contribution in [0.1, 0.15) is 60.0 Å². The lowest BCUT2D eigenvalue weighted by molar-refractivity contribution is -0.141. The third-order valence-corrected chi connectivity index (χ3v) is 7.53. The van der Waals surface area contributed by atoms with Crippen molar-refractivity contribution in [3.8, 4) is 5.69 Å². The summed E-state index contributed by atoms with van der Waals surface area (Å²) in [6.45, 7) is 5.69. The minimum Gasteiger partial charge on any atom is -0.321 e. The predicted octanol–water partition coefficient (Wildman–Crippen LogP) is 6.27. The number of rotatable bonds is 11. The van der Waals surface area contributed by atoms with Gasteiger partial charge in [0.1, 0.15) is 11.9 Å². The first-order valence-corrected chi connectivity index (χ1v) is 14.3. The van der Waals surface area contributed by atoms with Crippen LogP contribution in [-0.2, 0) is 12.7 Å². The average molecular weight is 582 g/mol. The molecule has 0 radical (unpaired) electrons. The highest BCUT2D eigenvalue weighted by molar-refractivity contribution is 5.94. The number of nitrogens with one attached hydrogen (secondary N) is 3. The van der Waals surface area contributed by atoms with Crippen LogP contribution in [0, 0.1) is 11.8 Å². The molecule has 3 aromatic rings. The van der Waals surface area contributed by atoms with Gasteiger partial charge in [-0.25, -0.2) is 9.07 Å². The van der Waals surface area contributed by atoms with Crippen molar-refractivity contribution in [2.45, 2.75) is 51.6 Å². The number of halogens is 4. The third-order valence-electron chi connectivity index (χ3n) is 7.53. The van der Waals surface area contributed by atoms with E-state index in [2.05, 4.69) is 21.0 Å².